The van der Waals surface area contributed by atoms with Gasteiger partial charge in [0.05, 0.1) is 11.7 Å². The third kappa shape index (κ3) is 3.30. The van der Waals surface area contributed by atoms with Gasteiger partial charge < -0.3 is 10.3 Å². The van der Waals surface area contributed by atoms with Crippen molar-refractivity contribution in [2.24, 2.45) is 0 Å². The Morgan fingerprint density at radius 3 is 2.78 bits per heavy atom. The van der Waals surface area contributed by atoms with Crippen molar-refractivity contribution in [1.29, 1.82) is 0 Å². The molecule has 2 N–H and O–H groups in total. The first-order chi connectivity index (χ1) is 8.45. The van der Waals surface area contributed by atoms with Gasteiger partial charge in [0.25, 0.3) is 0 Å². The van der Waals surface area contributed by atoms with E-state index in [4.69, 9.17) is 0 Å². The number of hydrogen-bond donors (Lipinski definition) is 2. The lowest BCUT2D eigenvalue weighted by Gasteiger charge is -2.18. The molecule has 2 rings (SSSR count). The van der Waals surface area contributed by atoms with Crippen LogP contribution >= 0.6 is 11.3 Å². The maximum Gasteiger partial charge on any atom is 0.304 e. The zero-order chi connectivity index (χ0) is 13.2. The number of aromatic nitrogens is 3. The average Bonchev–Trinajstić information content (AvgIpc) is 2.87. The van der Waals surface area contributed by atoms with Crippen LogP contribution in [0, 0.1) is 0 Å². The summed E-state index contributed by atoms with van der Waals surface area (Å²) < 4.78 is 1.95. The molecule has 2 heterocycles. The maximum absolute atomic E-state index is 11.0. The Labute approximate surface area is 110 Å². The molecule has 0 fully saturated rings. The molecule has 98 valence electrons. The van der Waals surface area contributed by atoms with Gasteiger partial charge >= 0.3 is 4.87 Å². The molecule has 0 atom stereocenters. The van der Waals surface area contributed by atoms with E-state index in [2.05, 4.69) is 36.2 Å². The molecule has 5 nitrogen and oxygen atoms in total. The lowest BCUT2D eigenvalue weighted by atomic mass is 10.1. The largest absolute Gasteiger partial charge is 0.315 e. The highest BCUT2D eigenvalue weighted by atomic mass is 32.1. The summed E-state index contributed by atoms with van der Waals surface area (Å²) in [5, 5.41) is 9.46. The Hall–Kier alpha value is -1.40. The second kappa shape index (κ2) is 5.07. The molecule has 2 aromatic heterocycles. The number of aromatic amines is 1. The molecule has 0 saturated heterocycles. The van der Waals surface area contributed by atoms with Crippen LogP contribution in [0.1, 0.15) is 32.0 Å². The van der Waals surface area contributed by atoms with Gasteiger partial charge in [0.15, 0.2) is 0 Å². The van der Waals surface area contributed by atoms with Crippen LogP contribution in [0.3, 0.4) is 0 Å². The Kier molecular flexibility index (Phi) is 3.68. The van der Waals surface area contributed by atoms with Crippen molar-refractivity contribution in [1.82, 2.24) is 20.1 Å². The Morgan fingerprint density at radius 1 is 1.44 bits per heavy atom. The number of nitrogens with one attached hydrogen (secondary N) is 2. The van der Waals surface area contributed by atoms with E-state index < -0.39 is 0 Å². The van der Waals surface area contributed by atoms with Crippen molar-refractivity contribution < 1.29 is 0 Å². The molecule has 0 unspecified atom stereocenters. The number of nitrogens with zero attached hydrogens (tertiary/aromatic N) is 2. The van der Waals surface area contributed by atoms with E-state index in [-0.39, 0.29) is 10.4 Å². The fourth-order valence-corrected chi connectivity index (χ4v) is 2.14. The van der Waals surface area contributed by atoms with Crippen LogP contribution in [0.25, 0.3) is 0 Å². The van der Waals surface area contributed by atoms with Crippen LogP contribution in [-0.4, -0.2) is 14.8 Å². The van der Waals surface area contributed by atoms with Gasteiger partial charge in [-0.15, -0.1) is 0 Å². The van der Waals surface area contributed by atoms with E-state index in [0.29, 0.717) is 6.54 Å². The summed E-state index contributed by atoms with van der Waals surface area (Å²) in [7, 11) is 0. The number of H-pyrrole nitrogens is 1. The highest BCUT2D eigenvalue weighted by molar-refractivity contribution is 7.07. The van der Waals surface area contributed by atoms with Crippen molar-refractivity contribution in [2.45, 2.75) is 39.4 Å². The highest BCUT2D eigenvalue weighted by Gasteiger charge is 2.13. The van der Waals surface area contributed by atoms with Gasteiger partial charge in [-0.3, -0.25) is 9.48 Å². The molecule has 2 aromatic rings. The van der Waals surface area contributed by atoms with Gasteiger partial charge in [-0.05, 0) is 20.8 Å². The van der Waals surface area contributed by atoms with Gasteiger partial charge in [-0.1, -0.05) is 11.3 Å². The number of hydrogen-bond acceptors (Lipinski definition) is 4. The van der Waals surface area contributed by atoms with Crippen molar-refractivity contribution in [3.63, 3.8) is 0 Å². The molecule has 18 heavy (non-hydrogen) atoms. The average molecular weight is 266 g/mol. The first-order valence-corrected chi connectivity index (χ1v) is 6.74. The fourth-order valence-electron chi connectivity index (χ4n) is 1.56. The molecule has 0 amide bonds. The zero-order valence-electron chi connectivity index (χ0n) is 10.9. The summed E-state index contributed by atoms with van der Waals surface area (Å²) in [4.78, 5) is 13.7. The Balaban J connectivity index is 1.87. The third-order valence-corrected chi connectivity index (χ3v) is 3.26. The summed E-state index contributed by atoms with van der Waals surface area (Å²) in [6, 6.07) is 0. The van der Waals surface area contributed by atoms with Crippen LogP contribution in [-0.2, 0) is 18.6 Å². The van der Waals surface area contributed by atoms with E-state index in [0.717, 1.165) is 17.8 Å². The topological polar surface area (TPSA) is 62.7 Å². The molecule has 0 radical (unpaired) electrons. The van der Waals surface area contributed by atoms with Crippen molar-refractivity contribution >= 4 is 11.3 Å². The number of thiazole rings is 1. The quantitative estimate of drug-likeness (QED) is 0.885. The standard InChI is InChI=1S/C12H18N4OS/c1-12(2,3)16-7-9(5-14-16)4-13-6-10-8-18-11(17)15-10/h5,7-8,13H,4,6H2,1-3H3,(H,15,17). The molecule has 6 heteroatoms. The Bertz CT molecular complexity index is 561. The molecular formula is C12H18N4OS. The van der Waals surface area contributed by atoms with Crippen molar-refractivity contribution in [3.05, 3.63) is 38.7 Å². The van der Waals surface area contributed by atoms with Crippen LogP contribution in [0.2, 0.25) is 0 Å². The SMILES string of the molecule is CC(C)(C)n1cc(CNCc2csc(=O)[nH]2)cn1. The summed E-state index contributed by atoms with van der Waals surface area (Å²) in [5.74, 6) is 0. The minimum Gasteiger partial charge on any atom is -0.315 e. The smallest absolute Gasteiger partial charge is 0.304 e. The van der Waals surface area contributed by atoms with Gasteiger partial charge in [-0.25, -0.2) is 0 Å². The predicted molar refractivity (Wildman–Crippen MR) is 72.7 cm³/mol. The van der Waals surface area contributed by atoms with Crippen LogP contribution in [0.15, 0.2) is 22.6 Å². The molecule has 0 aliphatic rings. The first-order valence-electron chi connectivity index (χ1n) is 5.86. The predicted octanol–water partition coefficient (Wildman–Crippen LogP) is 1.68. The number of rotatable bonds is 4. The van der Waals surface area contributed by atoms with Crippen molar-refractivity contribution in [3.8, 4) is 0 Å². The van der Waals surface area contributed by atoms with Gasteiger partial charge in [0, 0.05) is 35.9 Å². The second-order valence-corrected chi connectivity index (χ2v) is 6.08. The fraction of sp³-hybridized carbons (Fsp3) is 0.500. The van der Waals surface area contributed by atoms with E-state index >= 15 is 0 Å². The summed E-state index contributed by atoms with van der Waals surface area (Å²) >= 11 is 1.19. The van der Waals surface area contributed by atoms with Crippen molar-refractivity contribution in [2.75, 3.05) is 0 Å². The molecular weight excluding hydrogens is 248 g/mol. The molecule has 0 bridgehead atoms. The van der Waals surface area contributed by atoms with Crippen LogP contribution in [0.4, 0.5) is 0 Å². The van der Waals surface area contributed by atoms with E-state index in [1.54, 1.807) is 0 Å². The molecule has 0 saturated carbocycles. The van der Waals surface area contributed by atoms with Crippen LogP contribution in [0.5, 0.6) is 0 Å². The second-order valence-electron chi connectivity index (χ2n) is 5.24. The molecule has 0 aromatic carbocycles. The monoisotopic (exact) mass is 266 g/mol. The zero-order valence-corrected chi connectivity index (χ0v) is 11.7. The third-order valence-electron chi connectivity index (χ3n) is 2.54. The lowest BCUT2D eigenvalue weighted by molar-refractivity contribution is 0.355. The van der Waals surface area contributed by atoms with Gasteiger partial charge in [0.2, 0.25) is 0 Å². The lowest BCUT2D eigenvalue weighted by Crippen LogP contribution is -2.22. The highest BCUT2D eigenvalue weighted by Crippen LogP contribution is 2.13. The van der Waals surface area contributed by atoms with E-state index in [9.17, 15) is 4.79 Å². The summed E-state index contributed by atoms with van der Waals surface area (Å²) in [6.07, 6.45) is 3.91. The van der Waals surface area contributed by atoms with Gasteiger partial charge in [0.1, 0.15) is 0 Å². The van der Waals surface area contributed by atoms with E-state index in [1.165, 1.54) is 11.3 Å². The Morgan fingerprint density at radius 2 is 2.22 bits per heavy atom. The maximum atomic E-state index is 11.0. The van der Waals surface area contributed by atoms with E-state index in [1.807, 2.05) is 22.5 Å². The normalized spacial score (nSPS) is 11.9. The minimum absolute atomic E-state index is 0.00708. The first kappa shape index (κ1) is 13.0. The molecule has 0 spiro atoms. The summed E-state index contributed by atoms with van der Waals surface area (Å²) in [6.45, 7) is 7.77. The van der Waals surface area contributed by atoms with Crippen LogP contribution < -0.4 is 10.2 Å². The van der Waals surface area contributed by atoms with Gasteiger partial charge in [-0.2, -0.15) is 5.10 Å². The minimum atomic E-state index is -0.00708. The summed E-state index contributed by atoms with van der Waals surface area (Å²) in [5.41, 5.74) is 2.08. The molecule has 0 aliphatic heterocycles. The molecule has 0 aliphatic carbocycles.